The van der Waals surface area contributed by atoms with Gasteiger partial charge < -0.3 is 10.6 Å². The minimum absolute atomic E-state index is 0.112. The molecule has 0 aliphatic heterocycles. The van der Waals surface area contributed by atoms with Crippen molar-refractivity contribution in [2.24, 2.45) is 0 Å². The van der Waals surface area contributed by atoms with Crippen LogP contribution in [0.3, 0.4) is 0 Å². The van der Waals surface area contributed by atoms with E-state index in [4.69, 9.17) is 0 Å². The first-order chi connectivity index (χ1) is 15.2. The number of amides is 2. The lowest BCUT2D eigenvalue weighted by atomic mass is 10.1. The molecule has 168 valence electrons. The van der Waals surface area contributed by atoms with Crippen LogP contribution in [-0.4, -0.2) is 43.8 Å². The molecule has 0 saturated heterocycles. The highest BCUT2D eigenvalue weighted by Crippen LogP contribution is 2.38. The summed E-state index contributed by atoms with van der Waals surface area (Å²) in [5.74, 6) is -4.62. The predicted molar refractivity (Wildman–Crippen MR) is 120 cm³/mol. The number of carbonyl (C=O) groups is 2. The molecule has 0 fully saturated rings. The Morgan fingerprint density at radius 3 is 2.41 bits per heavy atom. The Labute approximate surface area is 191 Å². The van der Waals surface area contributed by atoms with E-state index in [1.54, 1.807) is 30.3 Å². The molecule has 2 N–H and O–H groups in total. The molecule has 0 atom stereocenters. The van der Waals surface area contributed by atoms with Crippen molar-refractivity contribution in [3.05, 3.63) is 60.2 Å². The van der Waals surface area contributed by atoms with E-state index >= 15 is 0 Å². The van der Waals surface area contributed by atoms with E-state index in [1.165, 1.54) is 30.9 Å². The van der Waals surface area contributed by atoms with Crippen LogP contribution in [0.15, 0.2) is 63.8 Å². The van der Waals surface area contributed by atoms with Crippen LogP contribution in [-0.2, 0) is 14.6 Å². The summed E-state index contributed by atoms with van der Waals surface area (Å²) in [6.45, 7) is 0. The number of anilines is 1. The molecule has 1 aromatic heterocycles. The zero-order valence-corrected chi connectivity index (χ0v) is 19.0. The summed E-state index contributed by atoms with van der Waals surface area (Å²) >= 11 is 2.26. The van der Waals surface area contributed by atoms with Gasteiger partial charge in [-0.1, -0.05) is 65.6 Å². The number of nitrogens with zero attached hydrogens (tertiary/aromatic N) is 1. The molecular weight excluding hydrogens is 480 g/mol. The highest BCUT2D eigenvalue weighted by molar-refractivity contribution is 8.01. The van der Waals surface area contributed by atoms with E-state index in [-0.39, 0.29) is 11.7 Å². The minimum Gasteiger partial charge on any atom is -0.358 e. The summed E-state index contributed by atoms with van der Waals surface area (Å²) in [7, 11) is -3.47. The molecule has 12 heteroatoms. The van der Waals surface area contributed by atoms with Crippen LogP contribution in [0.25, 0.3) is 11.3 Å². The lowest BCUT2D eigenvalue weighted by molar-refractivity contribution is -0.118. The molecule has 0 spiro atoms. The Bertz CT molecular complexity index is 1230. The van der Waals surface area contributed by atoms with E-state index in [9.17, 15) is 26.8 Å². The van der Waals surface area contributed by atoms with Gasteiger partial charge in [-0.15, -0.1) is 0 Å². The second kappa shape index (κ2) is 10.2. The van der Waals surface area contributed by atoms with Crippen molar-refractivity contribution in [1.29, 1.82) is 0 Å². The highest BCUT2D eigenvalue weighted by Gasteiger charge is 2.31. The van der Waals surface area contributed by atoms with E-state index in [2.05, 4.69) is 15.6 Å². The van der Waals surface area contributed by atoms with Crippen molar-refractivity contribution in [2.45, 2.75) is 15.0 Å². The number of hydrogen-bond acceptors (Lipinski definition) is 7. The van der Waals surface area contributed by atoms with E-state index in [1.807, 2.05) is 0 Å². The number of thiazole rings is 1. The summed E-state index contributed by atoms with van der Waals surface area (Å²) in [6, 6.07) is 13.7. The number of carbonyl (C=O) groups excluding carboxylic acids is 2. The molecule has 7 nitrogen and oxygen atoms in total. The van der Waals surface area contributed by atoms with Crippen LogP contribution < -0.4 is 10.6 Å². The maximum absolute atomic E-state index is 13.1. The summed E-state index contributed by atoms with van der Waals surface area (Å²) in [6.07, 6.45) is 0. The fraction of sp³-hybridized carbons (Fsp3) is 0.150. The monoisotopic (exact) mass is 497 g/mol. The van der Waals surface area contributed by atoms with Gasteiger partial charge in [0.2, 0.25) is 15.7 Å². The molecule has 3 rings (SSSR count). The van der Waals surface area contributed by atoms with Gasteiger partial charge in [-0.2, -0.15) is 8.78 Å². The number of hydrogen-bond donors (Lipinski definition) is 2. The van der Waals surface area contributed by atoms with Gasteiger partial charge in [0, 0.05) is 12.6 Å². The fourth-order valence-corrected chi connectivity index (χ4v) is 5.47. The molecule has 0 aliphatic carbocycles. The van der Waals surface area contributed by atoms with Gasteiger partial charge >= 0.3 is 5.76 Å². The molecule has 1 heterocycles. The maximum Gasteiger partial charge on any atom is 0.341 e. The maximum atomic E-state index is 13.1. The Hall–Kier alpha value is -2.83. The third-order valence-electron chi connectivity index (χ3n) is 4.16. The predicted octanol–water partition coefficient (Wildman–Crippen LogP) is 3.90. The van der Waals surface area contributed by atoms with Crippen molar-refractivity contribution in [1.82, 2.24) is 10.3 Å². The van der Waals surface area contributed by atoms with Gasteiger partial charge in [0.1, 0.15) is 10.7 Å². The number of halogens is 2. The SMILES string of the molecule is CNC(=O)CSc1nc(-c2ccccc2)c(NC(=O)c2ccccc2S(=O)(=O)C(F)F)s1. The molecule has 2 amide bonds. The van der Waals surface area contributed by atoms with Crippen molar-refractivity contribution in [2.75, 3.05) is 18.1 Å². The molecule has 2 aromatic carbocycles. The van der Waals surface area contributed by atoms with E-state index in [0.29, 0.717) is 20.6 Å². The van der Waals surface area contributed by atoms with E-state index < -0.39 is 32.0 Å². The second-order valence-corrected chi connectivity index (χ2v) is 10.3. The molecule has 0 unspecified atom stereocenters. The summed E-state index contributed by atoms with van der Waals surface area (Å²) < 4.78 is 50.6. The average Bonchev–Trinajstić information content (AvgIpc) is 3.20. The summed E-state index contributed by atoms with van der Waals surface area (Å²) in [5.41, 5.74) is 0.691. The third kappa shape index (κ3) is 5.31. The van der Waals surface area contributed by atoms with Gasteiger partial charge in [0.25, 0.3) is 5.91 Å². The quantitative estimate of drug-likeness (QED) is 0.458. The highest BCUT2D eigenvalue weighted by atomic mass is 32.2. The molecule has 0 saturated carbocycles. The molecular formula is C20H17F2N3O4S3. The van der Waals surface area contributed by atoms with Gasteiger partial charge in [-0.25, -0.2) is 13.4 Å². The first-order valence-corrected chi connectivity index (χ1v) is 12.4. The molecule has 0 bridgehead atoms. The Kier molecular flexibility index (Phi) is 7.59. The van der Waals surface area contributed by atoms with Crippen LogP contribution in [0.2, 0.25) is 0 Å². The van der Waals surface area contributed by atoms with Crippen molar-refractivity contribution in [3.8, 4) is 11.3 Å². The first-order valence-electron chi connectivity index (χ1n) is 9.06. The lowest BCUT2D eigenvalue weighted by Gasteiger charge is -2.10. The number of alkyl halides is 2. The summed E-state index contributed by atoms with van der Waals surface area (Å²) in [4.78, 5) is 28.2. The van der Waals surface area contributed by atoms with Gasteiger partial charge in [0.05, 0.1) is 16.2 Å². The van der Waals surface area contributed by atoms with Crippen LogP contribution >= 0.6 is 23.1 Å². The second-order valence-electron chi connectivity index (χ2n) is 6.24. The molecule has 0 aliphatic rings. The largest absolute Gasteiger partial charge is 0.358 e. The number of aromatic nitrogens is 1. The zero-order valence-electron chi connectivity index (χ0n) is 16.5. The van der Waals surface area contributed by atoms with Crippen LogP contribution in [0.1, 0.15) is 10.4 Å². The Morgan fingerprint density at radius 1 is 1.09 bits per heavy atom. The molecule has 0 radical (unpaired) electrons. The Morgan fingerprint density at radius 2 is 1.75 bits per heavy atom. The van der Waals surface area contributed by atoms with Gasteiger partial charge in [-0.05, 0) is 12.1 Å². The smallest absolute Gasteiger partial charge is 0.341 e. The standard InChI is InChI=1S/C20H17F2N3O4S3/c1-23-15(26)11-30-20-24-16(12-7-3-2-4-8-12)18(31-20)25-17(27)13-9-5-6-10-14(13)32(28,29)19(21)22/h2-10,19H,11H2,1H3,(H,23,26)(H,25,27). The number of sulfone groups is 1. The number of rotatable bonds is 8. The third-order valence-corrected chi connectivity index (χ3v) is 7.71. The van der Waals surface area contributed by atoms with Crippen molar-refractivity contribution < 1.29 is 26.8 Å². The van der Waals surface area contributed by atoms with Crippen LogP contribution in [0.5, 0.6) is 0 Å². The minimum atomic E-state index is -4.98. The van der Waals surface area contributed by atoms with Crippen LogP contribution in [0, 0.1) is 0 Å². The van der Waals surface area contributed by atoms with Crippen molar-refractivity contribution >= 4 is 49.8 Å². The Balaban J connectivity index is 1.97. The zero-order chi connectivity index (χ0) is 23.3. The van der Waals surface area contributed by atoms with E-state index in [0.717, 1.165) is 23.5 Å². The fourth-order valence-electron chi connectivity index (χ4n) is 2.61. The van der Waals surface area contributed by atoms with Gasteiger partial charge in [0.15, 0.2) is 4.34 Å². The van der Waals surface area contributed by atoms with Crippen LogP contribution in [0.4, 0.5) is 13.8 Å². The average molecular weight is 498 g/mol. The normalized spacial score (nSPS) is 11.4. The molecule has 32 heavy (non-hydrogen) atoms. The molecule has 3 aromatic rings. The number of thioether (sulfide) groups is 1. The number of benzene rings is 2. The number of nitrogens with one attached hydrogen (secondary N) is 2. The lowest BCUT2D eigenvalue weighted by Crippen LogP contribution is -2.19. The summed E-state index contributed by atoms with van der Waals surface area (Å²) in [5, 5.41) is 5.39. The first kappa shape index (κ1) is 23.8. The van der Waals surface area contributed by atoms with Gasteiger partial charge in [-0.3, -0.25) is 9.59 Å². The topological polar surface area (TPSA) is 105 Å². The van der Waals surface area contributed by atoms with Crippen molar-refractivity contribution in [3.63, 3.8) is 0 Å².